The average Bonchev–Trinajstić information content (AvgIpc) is 2.86. The predicted octanol–water partition coefficient (Wildman–Crippen LogP) is 3.43. The van der Waals surface area contributed by atoms with Crippen LogP contribution >= 0.6 is 0 Å². The van der Waals surface area contributed by atoms with E-state index in [1.807, 2.05) is 24.3 Å². The molecule has 0 saturated carbocycles. The Morgan fingerprint density at radius 3 is 2.35 bits per heavy atom. The van der Waals surface area contributed by atoms with E-state index in [1.54, 1.807) is 9.80 Å². The molecule has 3 rings (SSSR count). The Morgan fingerprint density at radius 2 is 1.68 bits per heavy atom. The van der Waals surface area contributed by atoms with E-state index >= 15 is 0 Å². The van der Waals surface area contributed by atoms with Crippen molar-refractivity contribution in [2.24, 2.45) is 0 Å². The molecule has 0 bridgehead atoms. The van der Waals surface area contributed by atoms with Crippen molar-refractivity contribution >= 4 is 17.7 Å². The average molecular weight is 471 g/mol. The van der Waals surface area contributed by atoms with E-state index in [1.165, 1.54) is 25.7 Å². The van der Waals surface area contributed by atoms with E-state index in [0.29, 0.717) is 25.2 Å². The lowest BCUT2D eigenvalue weighted by Crippen LogP contribution is -2.60. The van der Waals surface area contributed by atoms with Crippen molar-refractivity contribution in [3.63, 3.8) is 0 Å². The summed E-state index contributed by atoms with van der Waals surface area (Å²) in [5.74, 6) is 0.0265. The highest BCUT2D eigenvalue weighted by molar-refractivity contribution is 5.95. The van der Waals surface area contributed by atoms with Gasteiger partial charge in [-0.1, -0.05) is 38.8 Å². The van der Waals surface area contributed by atoms with Crippen molar-refractivity contribution in [1.29, 1.82) is 0 Å². The fourth-order valence-corrected chi connectivity index (χ4v) is 4.85. The number of rotatable bonds is 13. The van der Waals surface area contributed by atoms with Crippen LogP contribution in [-0.2, 0) is 16.1 Å². The third-order valence-corrected chi connectivity index (χ3v) is 6.93. The summed E-state index contributed by atoms with van der Waals surface area (Å²) in [6.07, 6.45) is 8.53. The monoisotopic (exact) mass is 470 g/mol. The van der Waals surface area contributed by atoms with Crippen LogP contribution in [0.3, 0.4) is 0 Å². The maximum absolute atomic E-state index is 12.9. The lowest BCUT2D eigenvalue weighted by molar-refractivity contribution is -0.158. The zero-order chi connectivity index (χ0) is 24.3. The Kier molecular flexibility index (Phi) is 10.4. The molecular weight excluding hydrogens is 428 g/mol. The maximum atomic E-state index is 12.9. The molecule has 1 aromatic rings. The first-order chi connectivity index (χ1) is 16.5. The highest BCUT2D eigenvalue weighted by atomic mass is 16.2. The summed E-state index contributed by atoms with van der Waals surface area (Å²) in [4.78, 5) is 43.8. The summed E-state index contributed by atoms with van der Waals surface area (Å²) in [6, 6.07) is 7.10. The molecule has 2 saturated heterocycles. The number of nitrogens with zero attached hydrogens (tertiary/aromatic N) is 3. The van der Waals surface area contributed by atoms with E-state index in [4.69, 9.17) is 0 Å². The molecule has 7 nitrogen and oxygen atoms in total. The fourth-order valence-electron chi connectivity index (χ4n) is 4.85. The number of amides is 3. The van der Waals surface area contributed by atoms with Crippen molar-refractivity contribution in [2.75, 3.05) is 39.3 Å². The molecule has 0 spiro atoms. The number of fused-ring (bicyclic) bond motifs is 1. The largest absolute Gasteiger partial charge is 0.352 e. The van der Waals surface area contributed by atoms with Gasteiger partial charge in [0, 0.05) is 25.2 Å². The molecule has 0 unspecified atom stereocenters. The smallest absolute Gasteiger partial charge is 0.251 e. The van der Waals surface area contributed by atoms with Gasteiger partial charge in [-0.25, -0.2) is 0 Å². The SMILES string of the molecule is CCCCN(CCCC)CCCNC(=O)c1ccc(CN2CC(=O)N3CCCC[C@H]3C2=O)cc1. The molecule has 2 heterocycles. The molecule has 1 N–H and O–H groups in total. The normalized spacial score (nSPS) is 18.4. The molecule has 2 fully saturated rings. The van der Waals surface area contributed by atoms with E-state index in [-0.39, 0.29) is 30.3 Å². The van der Waals surface area contributed by atoms with Gasteiger partial charge in [0.15, 0.2) is 0 Å². The molecule has 3 amide bonds. The molecule has 0 radical (unpaired) electrons. The number of carbonyl (C=O) groups excluding carboxylic acids is 3. The lowest BCUT2D eigenvalue weighted by atomic mass is 9.98. The topological polar surface area (TPSA) is 73.0 Å². The number of unbranched alkanes of at least 4 members (excludes halogenated alkanes) is 2. The Bertz CT molecular complexity index is 803. The van der Waals surface area contributed by atoms with E-state index < -0.39 is 0 Å². The van der Waals surface area contributed by atoms with Crippen molar-refractivity contribution < 1.29 is 14.4 Å². The van der Waals surface area contributed by atoms with Gasteiger partial charge in [-0.2, -0.15) is 0 Å². The van der Waals surface area contributed by atoms with Gasteiger partial charge in [-0.3, -0.25) is 14.4 Å². The first kappa shape index (κ1) is 26.2. The van der Waals surface area contributed by atoms with Gasteiger partial charge in [0.05, 0.1) is 0 Å². The van der Waals surface area contributed by atoms with E-state index in [9.17, 15) is 14.4 Å². The molecule has 1 atom stereocenters. The van der Waals surface area contributed by atoms with Crippen LogP contribution in [0.25, 0.3) is 0 Å². The van der Waals surface area contributed by atoms with Gasteiger partial charge in [0.1, 0.15) is 12.6 Å². The highest BCUT2D eigenvalue weighted by Gasteiger charge is 2.40. The second kappa shape index (κ2) is 13.5. The quantitative estimate of drug-likeness (QED) is 0.448. The van der Waals surface area contributed by atoms with Crippen molar-refractivity contribution in [1.82, 2.24) is 20.0 Å². The van der Waals surface area contributed by atoms with Crippen molar-refractivity contribution in [3.8, 4) is 0 Å². The summed E-state index contributed by atoms with van der Waals surface area (Å²) < 4.78 is 0. The first-order valence-corrected chi connectivity index (χ1v) is 13.2. The number of piperidine rings is 1. The number of benzene rings is 1. The van der Waals surface area contributed by atoms with Crippen molar-refractivity contribution in [3.05, 3.63) is 35.4 Å². The van der Waals surface area contributed by atoms with Gasteiger partial charge in [-0.05, 0) is 75.9 Å². The molecular formula is C27H42N4O3. The summed E-state index contributed by atoms with van der Waals surface area (Å²) in [5, 5.41) is 3.03. The van der Waals surface area contributed by atoms with Crippen LogP contribution in [0.1, 0.15) is 81.1 Å². The predicted molar refractivity (Wildman–Crippen MR) is 134 cm³/mol. The number of hydrogen-bond acceptors (Lipinski definition) is 4. The minimum absolute atomic E-state index is 0.0447. The Balaban J connectivity index is 1.44. The lowest BCUT2D eigenvalue weighted by Gasteiger charge is -2.42. The number of carbonyl (C=O) groups is 3. The molecule has 0 aromatic heterocycles. The molecule has 0 aliphatic carbocycles. The molecule has 1 aromatic carbocycles. The summed E-state index contributed by atoms with van der Waals surface area (Å²) >= 11 is 0. The van der Waals surface area contributed by atoms with Gasteiger partial charge in [-0.15, -0.1) is 0 Å². The summed E-state index contributed by atoms with van der Waals surface area (Å²) in [7, 11) is 0. The van der Waals surface area contributed by atoms with Gasteiger partial charge >= 0.3 is 0 Å². The minimum Gasteiger partial charge on any atom is -0.352 e. The first-order valence-electron chi connectivity index (χ1n) is 13.2. The number of nitrogens with one attached hydrogen (secondary N) is 1. The second-order valence-electron chi connectivity index (χ2n) is 9.65. The van der Waals surface area contributed by atoms with Gasteiger partial charge < -0.3 is 20.0 Å². The van der Waals surface area contributed by atoms with E-state index in [2.05, 4.69) is 24.1 Å². The van der Waals surface area contributed by atoms with Crippen molar-refractivity contribution in [2.45, 2.75) is 77.8 Å². The van der Waals surface area contributed by atoms with Crippen LogP contribution in [0.2, 0.25) is 0 Å². The molecule has 2 aliphatic rings. The van der Waals surface area contributed by atoms with Crippen LogP contribution in [0, 0.1) is 0 Å². The zero-order valence-corrected chi connectivity index (χ0v) is 21.1. The third kappa shape index (κ3) is 7.29. The van der Waals surface area contributed by atoms with Crippen LogP contribution in [0.4, 0.5) is 0 Å². The third-order valence-electron chi connectivity index (χ3n) is 6.93. The van der Waals surface area contributed by atoms with Gasteiger partial charge in [0.25, 0.3) is 5.91 Å². The number of piperazine rings is 1. The Labute approximate surface area is 204 Å². The van der Waals surface area contributed by atoms with Gasteiger partial charge in [0.2, 0.25) is 11.8 Å². The molecule has 7 heteroatoms. The standard InChI is InChI=1S/C27H42N4O3/c1-3-5-16-29(17-6-4-2)18-9-15-28-26(33)23-13-11-22(12-14-23)20-30-21-25(32)31-19-8-7-10-24(31)27(30)34/h11-14,24H,3-10,15-21H2,1-2H3,(H,28,33)/t24-/m0/s1. The Morgan fingerprint density at radius 1 is 1.00 bits per heavy atom. The van der Waals surface area contributed by atoms with E-state index in [0.717, 1.165) is 50.9 Å². The Hall–Kier alpha value is -2.41. The molecule has 34 heavy (non-hydrogen) atoms. The minimum atomic E-state index is -0.292. The summed E-state index contributed by atoms with van der Waals surface area (Å²) in [5.41, 5.74) is 1.56. The zero-order valence-electron chi connectivity index (χ0n) is 21.1. The maximum Gasteiger partial charge on any atom is 0.251 e. The second-order valence-corrected chi connectivity index (χ2v) is 9.65. The van der Waals surface area contributed by atoms with Crippen LogP contribution in [-0.4, -0.2) is 77.7 Å². The number of hydrogen-bond donors (Lipinski definition) is 1. The molecule has 2 aliphatic heterocycles. The molecule has 188 valence electrons. The van der Waals surface area contributed by atoms with Crippen LogP contribution in [0.5, 0.6) is 0 Å². The van der Waals surface area contributed by atoms with Crippen LogP contribution < -0.4 is 5.32 Å². The van der Waals surface area contributed by atoms with Crippen LogP contribution in [0.15, 0.2) is 24.3 Å². The highest BCUT2D eigenvalue weighted by Crippen LogP contribution is 2.24. The fraction of sp³-hybridized carbons (Fsp3) is 0.667. The summed E-state index contributed by atoms with van der Waals surface area (Å²) in [6.45, 7) is 9.63.